The molecular weight excluding hydrogens is 331 g/mol. The number of hydrogen-bond acceptors (Lipinski definition) is 2. The number of amides is 1. The maximum absolute atomic E-state index is 14.0. The van der Waals surface area contributed by atoms with Gasteiger partial charge in [-0.3, -0.25) is 9.48 Å². The third-order valence-electron chi connectivity index (χ3n) is 3.83. The molecule has 0 aliphatic heterocycles. The number of benzene rings is 1. The Labute approximate surface area is 143 Å². The molecule has 1 N–H and O–H groups in total. The molecular formula is C17H16ClFN4O. The van der Waals surface area contributed by atoms with Gasteiger partial charge in [-0.1, -0.05) is 17.7 Å². The van der Waals surface area contributed by atoms with Crippen LogP contribution in [0, 0.1) is 19.7 Å². The van der Waals surface area contributed by atoms with Crippen molar-refractivity contribution in [1.29, 1.82) is 0 Å². The van der Waals surface area contributed by atoms with Crippen LogP contribution in [-0.4, -0.2) is 20.3 Å². The first-order valence-corrected chi connectivity index (χ1v) is 7.70. The van der Waals surface area contributed by atoms with E-state index in [0.717, 1.165) is 11.4 Å². The van der Waals surface area contributed by atoms with E-state index in [4.69, 9.17) is 11.6 Å². The van der Waals surface area contributed by atoms with Crippen molar-refractivity contribution >= 4 is 23.2 Å². The average molecular weight is 347 g/mol. The van der Waals surface area contributed by atoms with Crippen LogP contribution in [0.4, 0.5) is 10.1 Å². The molecule has 2 heterocycles. The predicted octanol–water partition coefficient (Wildman–Crippen LogP) is 3.87. The Balaban J connectivity index is 2.02. The van der Waals surface area contributed by atoms with Crippen molar-refractivity contribution < 1.29 is 9.18 Å². The molecule has 2 aromatic heterocycles. The van der Waals surface area contributed by atoms with Crippen molar-refractivity contribution in [2.24, 2.45) is 7.05 Å². The quantitative estimate of drug-likeness (QED) is 0.782. The summed E-state index contributed by atoms with van der Waals surface area (Å²) in [6, 6.07) is 8.38. The van der Waals surface area contributed by atoms with Crippen LogP contribution < -0.4 is 5.32 Å². The second kappa shape index (κ2) is 6.13. The highest BCUT2D eigenvalue weighted by Gasteiger charge is 2.21. The lowest BCUT2D eigenvalue weighted by molar-refractivity contribution is 0.102. The number of nitrogens with one attached hydrogen (secondary N) is 1. The molecule has 0 saturated heterocycles. The van der Waals surface area contributed by atoms with Crippen LogP contribution in [0.3, 0.4) is 0 Å². The van der Waals surface area contributed by atoms with E-state index in [1.165, 1.54) is 18.3 Å². The summed E-state index contributed by atoms with van der Waals surface area (Å²) >= 11 is 5.75. The summed E-state index contributed by atoms with van der Waals surface area (Å²) in [7, 11) is 1.75. The van der Waals surface area contributed by atoms with Gasteiger partial charge >= 0.3 is 0 Å². The first-order chi connectivity index (χ1) is 11.4. The van der Waals surface area contributed by atoms with E-state index in [1.54, 1.807) is 17.8 Å². The molecule has 124 valence electrons. The molecule has 0 bridgehead atoms. The Bertz CT molecular complexity index is 909. The number of carbonyl (C=O) groups is 1. The average Bonchev–Trinajstić information content (AvgIpc) is 3.06. The maximum atomic E-state index is 14.0. The van der Waals surface area contributed by atoms with E-state index in [-0.39, 0.29) is 10.7 Å². The molecule has 0 unspecified atom stereocenters. The van der Waals surface area contributed by atoms with Gasteiger partial charge in [-0.25, -0.2) is 4.39 Å². The summed E-state index contributed by atoms with van der Waals surface area (Å²) in [4.78, 5) is 12.6. The minimum Gasteiger partial charge on any atom is -0.319 e. The normalized spacial score (nSPS) is 10.9. The Hall–Kier alpha value is -2.60. The van der Waals surface area contributed by atoms with Crippen LogP contribution in [-0.2, 0) is 7.05 Å². The lowest BCUT2D eigenvalue weighted by Crippen LogP contribution is -2.17. The zero-order chi connectivity index (χ0) is 17.4. The molecule has 1 amide bonds. The van der Waals surface area contributed by atoms with Crippen molar-refractivity contribution in [3.05, 3.63) is 64.3 Å². The van der Waals surface area contributed by atoms with Crippen LogP contribution in [0.1, 0.15) is 21.7 Å². The maximum Gasteiger partial charge on any atom is 0.261 e. The summed E-state index contributed by atoms with van der Waals surface area (Å²) in [5.41, 5.74) is 2.32. The number of hydrogen-bond donors (Lipinski definition) is 1. The molecule has 5 nitrogen and oxygen atoms in total. The number of halogens is 2. The number of carbonyl (C=O) groups excluding carboxylic acids is 1. The molecule has 7 heteroatoms. The Morgan fingerprint density at radius 2 is 1.88 bits per heavy atom. The monoisotopic (exact) mass is 346 g/mol. The van der Waals surface area contributed by atoms with Crippen molar-refractivity contribution in [3.63, 3.8) is 0 Å². The second-order valence-corrected chi connectivity index (χ2v) is 5.92. The fourth-order valence-electron chi connectivity index (χ4n) is 2.65. The minimum absolute atomic E-state index is 0.0308. The van der Waals surface area contributed by atoms with Crippen LogP contribution >= 0.6 is 11.6 Å². The summed E-state index contributed by atoms with van der Waals surface area (Å²) in [5, 5.41) is 6.68. The molecule has 0 spiro atoms. The highest BCUT2D eigenvalue weighted by atomic mass is 35.5. The van der Waals surface area contributed by atoms with Crippen LogP contribution in [0.25, 0.3) is 5.82 Å². The van der Waals surface area contributed by atoms with Gasteiger partial charge in [-0.15, -0.1) is 0 Å². The molecule has 24 heavy (non-hydrogen) atoms. The van der Waals surface area contributed by atoms with Gasteiger partial charge in [0.2, 0.25) is 0 Å². The highest BCUT2D eigenvalue weighted by molar-refractivity contribution is 6.31. The number of nitrogens with zero attached hydrogens (tertiary/aromatic N) is 3. The number of anilines is 1. The number of aromatic nitrogens is 3. The predicted molar refractivity (Wildman–Crippen MR) is 91.4 cm³/mol. The highest BCUT2D eigenvalue weighted by Crippen LogP contribution is 2.24. The third kappa shape index (κ3) is 2.69. The lowest BCUT2D eigenvalue weighted by Gasteiger charge is -2.13. The van der Waals surface area contributed by atoms with E-state index < -0.39 is 11.7 Å². The summed E-state index contributed by atoms with van der Waals surface area (Å²) in [6.07, 6.45) is 1.46. The molecule has 0 aliphatic carbocycles. The van der Waals surface area contributed by atoms with Gasteiger partial charge in [0.05, 0.1) is 16.9 Å². The smallest absolute Gasteiger partial charge is 0.261 e. The second-order valence-electron chi connectivity index (χ2n) is 5.51. The molecule has 0 fully saturated rings. The van der Waals surface area contributed by atoms with E-state index in [9.17, 15) is 9.18 Å². The van der Waals surface area contributed by atoms with Gasteiger partial charge in [-0.2, -0.15) is 5.10 Å². The first-order valence-electron chi connectivity index (χ1n) is 7.33. The fraction of sp³-hybridized carbons (Fsp3) is 0.176. The van der Waals surface area contributed by atoms with Crippen LogP contribution in [0.2, 0.25) is 5.02 Å². The van der Waals surface area contributed by atoms with Crippen molar-refractivity contribution in [2.75, 3.05) is 5.32 Å². The Morgan fingerprint density at radius 3 is 2.54 bits per heavy atom. The molecule has 3 rings (SSSR count). The van der Waals surface area contributed by atoms with E-state index >= 15 is 0 Å². The molecule has 0 atom stereocenters. The van der Waals surface area contributed by atoms with Crippen molar-refractivity contribution in [3.8, 4) is 5.82 Å². The Kier molecular flexibility index (Phi) is 4.15. The van der Waals surface area contributed by atoms with Gasteiger partial charge in [-0.05, 0) is 38.1 Å². The van der Waals surface area contributed by atoms with E-state index in [2.05, 4.69) is 10.4 Å². The lowest BCUT2D eigenvalue weighted by atomic mass is 10.2. The summed E-state index contributed by atoms with van der Waals surface area (Å²) < 4.78 is 17.6. The fourth-order valence-corrected chi connectivity index (χ4v) is 2.82. The SMILES string of the molecule is Cc1ccc(C)n1-c1c(C(=O)Nc2cccc(Cl)c2F)cnn1C. The molecule has 0 saturated carbocycles. The van der Waals surface area contributed by atoms with Crippen molar-refractivity contribution in [1.82, 2.24) is 14.3 Å². The molecule has 0 radical (unpaired) electrons. The molecule has 0 aliphatic rings. The van der Waals surface area contributed by atoms with Gasteiger partial charge in [0.1, 0.15) is 11.4 Å². The summed E-state index contributed by atoms with van der Waals surface area (Å²) in [6.45, 7) is 3.89. The van der Waals surface area contributed by atoms with Gasteiger partial charge in [0.15, 0.2) is 5.82 Å². The first kappa shape index (κ1) is 16.3. The standard InChI is InChI=1S/C17H16ClFN4O/c1-10-7-8-11(2)23(10)17-12(9-20-22(17)3)16(24)21-14-6-4-5-13(18)15(14)19/h4-9H,1-3H3,(H,21,24). The third-order valence-corrected chi connectivity index (χ3v) is 4.13. The zero-order valence-corrected chi connectivity index (χ0v) is 14.2. The molecule has 3 aromatic rings. The Morgan fingerprint density at radius 1 is 1.21 bits per heavy atom. The van der Waals surface area contributed by atoms with Crippen LogP contribution in [0.5, 0.6) is 0 Å². The summed E-state index contributed by atoms with van der Waals surface area (Å²) in [5.74, 6) is -0.493. The number of aryl methyl sites for hydroxylation is 3. The van der Waals surface area contributed by atoms with Crippen LogP contribution in [0.15, 0.2) is 36.5 Å². The van der Waals surface area contributed by atoms with Gasteiger partial charge < -0.3 is 9.88 Å². The van der Waals surface area contributed by atoms with Crippen molar-refractivity contribution in [2.45, 2.75) is 13.8 Å². The largest absolute Gasteiger partial charge is 0.319 e. The van der Waals surface area contributed by atoms with Gasteiger partial charge in [0, 0.05) is 18.4 Å². The minimum atomic E-state index is -0.661. The topological polar surface area (TPSA) is 51.9 Å². The molecule has 1 aromatic carbocycles. The number of rotatable bonds is 3. The van der Waals surface area contributed by atoms with E-state index in [0.29, 0.717) is 11.4 Å². The zero-order valence-electron chi connectivity index (χ0n) is 13.5. The van der Waals surface area contributed by atoms with Gasteiger partial charge in [0.25, 0.3) is 5.91 Å². The van der Waals surface area contributed by atoms with E-state index in [1.807, 2.05) is 30.5 Å².